The lowest BCUT2D eigenvalue weighted by atomic mass is 10.3. The average molecular weight is 242 g/mol. The Morgan fingerprint density at radius 3 is 2.81 bits per heavy atom. The van der Waals surface area contributed by atoms with E-state index in [1.807, 2.05) is 10.9 Å². The molecular formula is C12H22N2OS. The van der Waals surface area contributed by atoms with Gasteiger partial charge in [0.2, 0.25) is 0 Å². The Labute approximate surface area is 99.5 Å². The van der Waals surface area contributed by atoms with Crippen LogP contribution in [-0.4, -0.2) is 40.7 Å². The second-order valence-electron chi connectivity index (χ2n) is 5.42. The van der Waals surface area contributed by atoms with Gasteiger partial charge in [0.15, 0.2) is 0 Å². The lowest BCUT2D eigenvalue weighted by molar-refractivity contribution is 0.0895. The standard InChI is InChI=1S/C12H22N2OS/c1-16(2,3)7-6-15-10-14-8-12(13-9-14)11-4-5-11/h8-9,11H,4-7,10H2,1-3H3. The van der Waals surface area contributed by atoms with Crippen molar-refractivity contribution in [2.24, 2.45) is 0 Å². The van der Waals surface area contributed by atoms with Crippen molar-refractivity contribution in [2.75, 3.05) is 31.1 Å². The Balaban J connectivity index is 1.68. The van der Waals surface area contributed by atoms with Crippen molar-refractivity contribution in [3.8, 4) is 0 Å². The van der Waals surface area contributed by atoms with E-state index in [2.05, 4.69) is 29.9 Å². The summed E-state index contributed by atoms with van der Waals surface area (Å²) in [5.41, 5.74) is 1.24. The minimum absolute atomic E-state index is 0.427. The fourth-order valence-electron chi connectivity index (χ4n) is 1.52. The Kier molecular flexibility index (Phi) is 3.60. The zero-order valence-corrected chi connectivity index (χ0v) is 11.3. The number of imidazole rings is 1. The number of hydrogen-bond acceptors (Lipinski definition) is 2. The summed E-state index contributed by atoms with van der Waals surface area (Å²) in [5, 5.41) is 0. The van der Waals surface area contributed by atoms with E-state index in [0.29, 0.717) is 6.73 Å². The molecule has 0 aromatic carbocycles. The Bertz CT molecular complexity index is 339. The first kappa shape index (κ1) is 12.0. The molecule has 2 rings (SSSR count). The van der Waals surface area contributed by atoms with Crippen molar-refractivity contribution in [3.05, 3.63) is 18.2 Å². The summed E-state index contributed by atoms with van der Waals surface area (Å²) in [6.07, 6.45) is 13.6. The van der Waals surface area contributed by atoms with E-state index >= 15 is 0 Å². The lowest BCUT2D eigenvalue weighted by Crippen LogP contribution is -2.09. The van der Waals surface area contributed by atoms with Crippen molar-refractivity contribution < 1.29 is 4.74 Å². The number of hydrogen-bond donors (Lipinski definition) is 0. The van der Waals surface area contributed by atoms with Crippen molar-refractivity contribution in [2.45, 2.75) is 25.5 Å². The molecule has 1 fully saturated rings. The summed E-state index contributed by atoms with van der Waals surface area (Å²) in [7, 11) is -0.427. The fraction of sp³-hybridized carbons (Fsp3) is 0.750. The van der Waals surface area contributed by atoms with Gasteiger partial charge >= 0.3 is 0 Å². The van der Waals surface area contributed by atoms with E-state index in [9.17, 15) is 0 Å². The van der Waals surface area contributed by atoms with Crippen LogP contribution in [0.1, 0.15) is 24.5 Å². The predicted octanol–water partition coefficient (Wildman–Crippen LogP) is 2.43. The zero-order valence-electron chi connectivity index (χ0n) is 10.5. The highest BCUT2D eigenvalue weighted by Crippen LogP contribution is 2.38. The first-order valence-electron chi connectivity index (χ1n) is 5.80. The highest BCUT2D eigenvalue weighted by molar-refractivity contribution is 8.32. The number of nitrogens with zero attached hydrogens (tertiary/aromatic N) is 2. The molecule has 0 N–H and O–H groups in total. The average Bonchev–Trinajstić information content (AvgIpc) is 2.93. The molecule has 0 radical (unpaired) electrons. The molecule has 0 aliphatic heterocycles. The third kappa shape index (κ3) is 3.83. The molecule has 1 aromatic rings. The van der Waals surface area contributed by atoms with Crippen molar-refractivity contribution in [3.63, 3.8) is 0 Å². The largest absolute Gasteiger partial charge is 0.360 e. The summed E-state index contributed by atoms with van der Waals surface area (Å²) in [4.78, 5) is 4.39. The van der Waals surface area contributed by atoms with Gasteiger partial charge in [-0.15, -0.1) is 0 Å². The van der Waals surface area contributed by atoms with Crippen LogP contribution in [0.5, 0.6) is 0 Å². The van der Waals surface area contributed by atoms with E-state index in [-0.39, 0.29) is 0 Å². The van der Waals surface area contributed by atoms with Gasteiger partial charge in [0, 0.05) is 17.9 Å². The molecule has 4 heteroatoms. The Morgan fingerprint density at radius 1 is 1.44 bits per heavy atom. The van der Waals surface area contributed by atoms with E-state index in [1.165, 1.54) is 24.3 Å². The van der Waals surface area contributed by atoms with Crippen molar-refractivity contribution in [1.82, 2.24) is 9.55 Å². The van der Waals surface area contributed by atoms with E-state index in [1.54, 1.807) is 0 Å². The maximum Gasteiger partial charge on any atom is 0.123 e. The van der Waals surface area contributed by atoms with Gasteiger partial charge in [-0.2, -0.15) is 0 Å². The molecule has 3 nitrogen and oxygen atoms in total. The molecular weight excluding hydrogens is 220 g/mol. The molecule has 0 atom stereocenters. The molecule has 0 saturated heterocycles. The molecule has 16 heavy (non-hydrogen) atoms. The third-order valence-electron chi connectivity index (χ3n) is 2.73. The summed E-state index contributed by atoms with van der Waals surface area (Å²) < 4.78 is 7.70. The molecule has 0 bridgehead atoms. The molecule has 0 spiro atoms. The molecule has 1 aliphatic rings. The maximum absolute atomic E-state index is 5.65. The van der Waals surface area contributed by atoms with E-state index in [0.717, 1.165) is 12.5 Å². The maximum atomic E-state index is 5.65. The monoisotopic (exact) mass is 242 g/mol. The van der Waals surface area contributed by atoms with Crippen LogP contribution < -0.4 is 0 Å². The van der Waals surface area contributed by atoms with Crippen LogP contribution in [0, 0.1) is 0 Å². The summed E-state index contributed by atoms with van der Waals surface area (Å²) >= 11 is 0. The molecule has 92 valence electrons. The molecule has 1 saturated carbocycles. The SMILES string of the molecule is CS(C)(C)CCOCn1cnc(C2CC2)c1. The smallest absolute Gasteiger partial charge is 0.123 e. The predicted molar refractivity (Wildman–Crippen MR) is 70.4 cm³/mol. The van der Waals surface area contributed by atoms with Crippen LogP contribution >= 0.6 is 10.0 Å². The molecule has 1 heterocycles. The first-order valence-corrected chi connectivity index (χ1v) is 8.83. The fourth-order valence-corrected chi connectivity index (χ4v) is 2.13. The number of ether oxygens (including phenoxy) is 1. The first-order chi connectivity index (χ1) is 7.54. The Hall–Kier alpha value is -0.480. The van der Waals surface area contributed by atoms with Gasteiger partial charge in [0.25, 0.3) is 0 Å². The summed E-state index contributed by atoms with van der Waals surface area (Å²) in [6, 6.07) is 0. The van der Waals surface area contributed by atoms with Gasteiger partial charge in [-0.1, -0.05) is 0 Å². The zero-order chi connectivity index (χ0) is 11.6. The second-order valence-corrected chi connectivity index (χ2v) is 10.0. The summed E-state index contributed by atoms with van der Waals surface area (Å²) in [5.74, 6) is 1.91. The third-order valence-corrected chi connectivity index (χ3v) is 4.12. The van der Waals surface area contributed by atoms with Crippen LogP contribution in [0.15, 0.2) is 12.5 Å². The molecule has 0 unspecified atom stereocenters. The Morgan fingerprint density at radius 2 is 2.19 bits per heavy atom. The second kappa shape index (κ2) is 4.80. The van der Waals surface area contributed by atoms with E-state index in [4.69, 9.17) is 4.74 Å². The van der Waals surface area contributed by atoms with Crippen LogP contribution in [0.2, 0.25) is 0 Å². The van der Waals surface area contributed by atoms with Crippen LogP contribution in [0.25, 0.3) is 0 Å². The van der Waals surface area contributed by atoms with Gasteiger partial charge in [-0.3, -0.25) is 0 Å². The molecule has 1 aromatic heterocycles. The van der Waals surface area contributed by atoms with Crippen molar-refractivity contribution in [1.29, 1.82) is 0 Å². The number of rotatable bonds is 6. The number of aromatic nitrogens is 2. The topological polar surface area (TPSA) is 27.1 Å². The van der Waals surface area contributed by atoms with Gasteiger partial charge in [0.1, 0.15) is 6.73 Å². The highest BCUT2D eigenvalue weighted by atomic mass is 32.3. The lowest BCUT2D eigenvalue weighted by Gasteiger charge is -2.24. The molecule has 1 aliphatic carbocycles. The van der Waals surface area contributed by atoms with E-state index < -0.39 is 10.0 Å². The quantitative estimate of drug-likeness (QED) is 0.716. The van der Waals surface area contributed by atoms with Gasteiger partial charge in [-0.05, 0) is 31.6 Å². The van der Waals surface area contributed by atoms with Gasteiger partial charge in [0.05, 0.1) is 18.6 Å². The molecule has 0 amide bonds. The highest BCUT2D eigenvalue weighted by Gasteiger charge is 2.25. The minimum Gasteiger partial charge on any atom is -0.360 e. The summed E-state index contributed by atoms with van der Waals surface area (Å²) in [6.45, 7) is 1.50. The van der Waals surface area contributed by atoms with Crippen LogP contribution in [0.4, 0.5) is 0 Å². The minimum atomic E-state index is -0.427. The van der Waals surface area contributed by atoms with Gasteiger partial charge in [-0.25, -0.2) is 15.0 Å². The van der Waals surface area contributed by atoms with Crippen LogP contribution in [0.3, 0.4) is 0 Å². The van der Waals surface area contributed by atoms with Crippen LogP contribution in [-0.2, 0) is 11.5 Å². The van der Waals surface area contributed by atoms with Gasteiger partial charge < -0.3 is 9.30 Å². The normalized spacial score (nSPS) is 17.7. The van der Waals surface area contributed by atoms with Crippen molar-refractivity contribution >= 4 is 10.0 Å².